The van der Waals surface area contributed by atoms with E-state index >= 15 is 0 Å². The second-order valence-electron chi connectivity index (χ2n) is 8.20. The van der Waals surface area contributed by atoms with Crippen molar-refractivity contribution in [2.75, 3.05) is 0 Å². The highest BCUT2D eigenvalue weighted by atomic mass is 79.9. The third kappa shape index (κ3) is 4.11. The van der Waals surface area contributed by atoms with Crippen molar-refractivity contribution in [1.29, 1.82) is 0 Å². The largest absolute Gasteiger partial charge is 0.459 e. The molecule has 0 saturated carbocycles. The lowest BCUT2D eigenvalue weighted by molar-refractivity contribution is -0.166. The van der Waals surface area contributed by atoms with Crippen molar-refractivity contribution in [1.82, 2.24) is 10.2 Å². The van der Waals surface area contributed by atoms with Crippen molar-refractivity contribution in [2.24, 2.45) is 0 Å². The van der Waals surface area contributed by atoms with E-state index in [1.54, 1.807) is 0 Å². The maximum atomic E-state index is 13.1. The van der Waals surface area contributed by atoms with Crippen LogP contribution >= 0.6 is 27.7 Å². The lowest BCUT2D eigenvalue weighted by Crippen LogP contribution is -2.76. The van der Waals surface area contributed by atoms with Gasteiger partial charge in [0.2, 0.25) is 10.4 Å². The van der Waals surface area contributed by atoms with Gasteiger partial charge in [0.1, 0.15) is 18.0 Å². The molecule has 0 spiro atoms. The van der Waals surface area contributed by atoms with Crippen molar-refractivity contribution in [3.05, 3.63) is 71.8 Å². The first-order valence-electron chi connectivity index (χ1n) is 9.97. The molecule has 0 aliphatic carbocycles. The van der Waals surface area contributed by atoms with Gasteiger partial charge in [-0.2, -0.15) is 0 Å². The number of ether oxygens (including phenoxy) is 1. The summed E-state index contributed by atoms with van der Waals surface area (Å²) in [6.07, 6.45) is 0.171. The summed E-state index contributed by atoms with van der Waals surface area (Å²) in [5, 5.41) is 2.43. The SMILES string of the molecule is CC1(C)S[C@H]2N(C(=O)[C@@]2(Br)NC(=O)Cc2ccccc2)[C@H]1C(=O)OCc1ccccc1. The second kappa shape index (κ2) is 8.31. The number of nitrogens with zero attached hydrogens (tertiary/aromatic N) is 1. The molecule has 0 bridgehead atoms. The van der Waals surface area contributed by atoms with Crippen LogP contribution in [-0.2, 0) is 32.1 Å². The zero-order chi connectivity index (χ0) is 22.2. The van der Waals surface area contributed by atoms with E-state index in [9.17, 15) is 14.4 Å². The van der Waals surface area contributed by atoms with Gasteiger partial charge in [-0.05, 0) is 40.9 Å². The first-order valence-corrected chi connectivity index (χ1v) is 11.6. The summed E-state index contributed by atoms with van der Waals surface area (Å²) >= 11 is 4.94. The van der Waals surface area contributed by atoms with Gasteiger partial charge in [0.15, 0.2) is 0 Å². The molecule has 4 rings (SSSR count). The maximum absolute atomic E-state index is 13.1. The Bertz CT molecular complexity index is 1000. The van der Waals surface area contributed by atoms with Crippen molar-refractivity contribution in [2.45, 2.75) is 47.5 Å². The van der Waals surface area contributed by atoms with E-state index < -0.39 is 26.6 Å². The van der Waals surface area contributed by atoms with Crippen LogP contribution in [0, 0.1) is 0 Å². The van der Waals surface area contributed by atoms with Crippen LogP contribution in [0.3, 0.4) is 0 Å². The fourth-order valence-corrected chi connectivity index (χ4v) is 6.45. The van der Waals surface area contributed by atoms with Crippen LogP contribution < -0.4 is 5.32 Å². The highest BCUT2D eigenvalue weighted by Gasteiger charge is 2.71. The number of alkyl halides is 1. The molecule has 2 aromatic rings. The highest BCUT2D eigenvalue weighted by molar-refractivity contribution is 9.10. The summed E-state index contributed by atoms with van der Waals surface area (Å²) in [6.45, 7) is 3.98. The van der Waals surface area contributed by atoms with E-state index in [0.29, 0.717) is 0 Å². The van der Waals surface area contributed by atoms with E-state index in [1.165, 1.54) is 16.7 Å². The summed E-state index contributed by atoms with van der Waals surface area (Å²) in [5.41, 5.74) is 1.75. The number of esters is 1. The molecule has 0 unspecified atom stereocenters. The standard InChI is InChI=1S/C23H23BrN2O4S/c1-22(2)18(19(28)30-14-16-11-7-4-8-12-16)26-20(29)23(24,21(26)31-22)25-17(27)13-15-9-5-3-6-10-15/h3-12,18,21H,13-14H2,1-2H3,(H,25,27)/t18-,21+,23+/m0/s1. The third-order valence-corrected chi connectivity index (χ3v) is 8.38. The lowest BCUT2D eigenvalue weighted by atomic mass is 9.95. The number of nitrogens with one attached hydrogen (secondary N) is 1. The van der Waals surface area contributed by atoms with Gasteiger partial charge in [0.05, 0.1) is 6.42 Å². The predicted octanol–water partition coefficient (Wildman–Crippen LogP) is 3.24. The van der Waals surface area contributed by atoms with E-state index in [0.717, 1.165) is 11.1 Å². The average Bonchev–Trinajstić information content (AvgIpc) is 3.02. The normalized spacial score (nSPS) is 26.0. The molecule has 2 aliphatic heterocycles. The Kier molecular flexibility index (Phi) is 5.87. The molecule has 2 aromatic carbocycles. The zero-order valence-electron chi connectivity index (χ0n) is 17.2. The first kappa shape index (κ1) is 21.9. The van der Waals surface area contributed by atoms with E-state index in [4.69, 9.17) is 4.74 Å². The zero-order valence-corrected chi connectivity index (χ0v) is 19.6. The number of fused-ring (bicyclic) bond motifs is 1. The number of hydrogen-bond donors (Lipinski definition) is 1. The Balaban J connectivity index is 1.44. The molecule has 31 heavy (non-hydrogen) atoms. The number of β-lactam (4-membered cyclic amide) rings is 1. The van der Waals surface area contributed by atoms with Crippen molar-refractivity contribution < 1.29 is 19.1 Å². The molecule has 2 heterocycles. The number of thioether (sulfide) groups is 1. The molecular weight excluding hydrogens is 480 g/mol. The van der Waals surface area contributed by atoms with Gasteiger partial charge in [-0.25, -0.2) is 4.79 Å². The average molecular weight is 503 g/mol. The van der Waals surface area contributed by atoms with Gasteiger partial charge >= 0.3 is 5.97 Å². The topological polar surface area (TPSA) is 75.7 Å². The minimum absolute atomic E-state index is 0.150. The van der Waals surface area contributed by atoms with Crippen LogP contribution in [0.1, 0.15) is 25.0 Å². The molecule has 8 heteroatoms. The number of hydrogen-bond acceptors (Lipinski definition) is 5. The Labute approximate surface area is 193 Å². The number of carbonyl (C=O) groups is 3. The summed E-state index contributed by atoms with van der Waals surface area (Å²) < 4.78 is 3.74. The molecule has 2 aliphatic rings. The maximum Gasteiger partial charge on any atom is 0.330 e. The van der Waals surface area contributed by atoms with Crippen LogP contribution in [0.4, 0.5) is 0 Å². The van der Waals surface area contributed by atoms with Crippen molar-refractivity contribution in [3.63, 3.8) is 0 Å². The Morgan fingerprint density at radius 2 is 1.65 bits per heavy atom. The summed E-state index contributed by atoms with van der Waals surface area (Å²) in [6, 6.07) is 18.0. The molecule has 0 aromatic heterocycles. The second-order valence-corrected chi connectivity index (χ2v) is 11.2. The number of benzene rings is 2. The van der Waals surface area contributed by atoms with E-state index in [1.807, 2.05) is 74.5 Å². The molecule has 6 nitrogen and oxygen atoms in total. The third-order valence-electron chi connectivity index (χ3n) is 5.47. The summed E-state index contributed by atoms with van der Waals surface area (Å²) in [5.74, 6) is -1.04. The lowest BCUT2D eigenvalue weighted by Gasteiger charge is -2.49. The fourth-order valence-electron chi connectivity index (χ4n) is 3.95. The van der Waals surface area contributed by atoms with Gasteiger partial charge < -0.3 is 15.0 Å². The predicted molar refractivity (Wildman–Crippen MR) is 122 cm³/mol. The Morgan fingerprint density at radius 3 is 2.26 bits per heavy atom. The molecule has 2 fully saturated rings. The monoisotopic (exact) mass is 502 g/mol. The van der Waals surface area contributed by atoms with Gasteiger partial charge in [-0.3, -0.25) is 9.59 Å². The number of amides is 2. The minimum atomic E-state index is -1.23. The molecular formula is C23H23BrN2O4S. The smallest absolute Gasteiger partial charge is 0.330 e. The molecule has 162 valence electrons. The number of carbonyl (C=O) groups excluding carboxylic acids is 3. The molecule has 3 atom stereocenters. The van der Waals surface area contributed by atoms with Gasteiger partial charge in [-0.15, -0.1) is 11.8 Å². The summed E-state index contributed by atoms with van der Waals surface area (Å²) in [4.78, 5) is 40.1. The Hall–Kier alpha value is -2.32. The summed E-state index contributed by atoms with van der Waals surface area (Å²) in [7, 11) is 0. The Morgan fingerprint density at radius 1 is 1.06 bits per heavy atom. The molecule has 1 N–H and O–H groups in total. The molecule has 2 saturated heterocycles. The van der Waals surface area contributed by atoms with Crippen LogP contribution in [0.15, 0.2) is 60.7 Å². The number of halogens is 1. The van der Waals surface area contributed by atoms with Gasteiger partial charge in [0, 0.05) is 4.75 Å². The van der Waals surface area contributed by atoms with Gasteiger partial charge in [0.25, 0.3) is 5.91 Å². The quantitative estimate of drug-likeness (QED) is 0.284. The van der Waals surface area contributed by atoms with Crippen LogP contribution in [-0.4, -0.2) is 43.3 Å². The van der Waals surface area contributed by atoms with Crippen LogP contribution in [0.5, 0.6) is 0 Å². The first-order chi connectivity index (χ1) is 14.7. The molecule has 2 amide bonds. The van der Waals surface area contributed by atoms with Crippen molar-refractivity contribution in [3.8, 4) is 0 Å². The highest BCUT2D eigenvalue weighted by Crippen LogP contribution is 2.57. The van der Waals surface area contributed by atoms with Crippen molar-refractivity contribution >= 4 is 45.5 Å². The van der Waals surface area contributed by atoms with Crippen LogP contribution in [0.25, 0.3) is 0 Å². The van der Waals surface area contributed by atoms with Gasteiger partial charge in [-0.1, -0.05) is 60.7 Å². The number of rotatable bonds is 6. The fraction of sp³-hybridized carbons (Fsp3) is 0.348. The van der Waals surface area contributed by atoms with E-state index in [2.05, 4.69) is 21.2 Å². The van der Waals surface area contributed by atoms with E-state index in [-0.39, 0.29) is 24.8 Å². The molecule has 0 radical (unpaired) electrons. The minimum Gasteiger partial charge on any atom is -0.459 e. The van der Waals surface area contributed by atoms with Crippen LogP contribution in [0.2, 0.25) is 0 Å².